The average Bonchev–Trinajstić information content (AvgIpc) is 3.08. The number of para-hydroxylation sites is 1. The van der Waals surface area contributed by atoms with Crippen molar-refractivity contribution in [2.75, 3.05) is 0 Å². The smallest absolute Gasteiger partial charge is 0.419 e. The first-order valence-corrected chi connectivity index (χ1v) is 6.92. The fourth-order valence-electron chi connectivity index (χ4n) is 2.66. The minimum absolute atomic E-state index is 0.198. The molecule has 0 atom stereocenters. The van der Waals surface area contributed by atoms with Gasteiger partial charge in [-0.05, 0) is 25.0 Å². The zero-order valence-electron chi connectivity index (χ0n) is 11.3. The highest BCUT2D eigenvalue weighted by Crippen LogP contribution is 2.38. The summed E-state index contributed by atoms with van der Waals surface area (Å²) in [5.41, 5.74) is -0.779. The molecule has 1 aliphatic carbocycles. The number of alkyl halides is 3. The van der Waals surface area contributed by atoms with Gasteiger partial charge in [0, 0.05) is 0 Å². The molecule has 0 saturated heterocycles. The SMILES string of the molecule is FC(F)(F)c1ccccc1Oc1cnn(C2CCCC2)c1. The van der Waals surface area contributed by atoms with E-state index in [9.17, 15) is 13.2 Å². The predicted molar refractivity (Wildman–Crippen MR) is 71.3 cm³/mol. The topological polar surface area (TPSA) is 27.1 Å². The number of rotatable bonds is 3. The molecule has 1 fully saturated rings. The minimum atomic E-state index is -4.43. The fraction of sp³-hybridized carbons (Fsp3) is 0.400. The number of benzene rings is 1. The summed E-state index contributed by atoms with van der Waals surface area (Å²) in [7, 11) is 0. The van der Waals surface area contributed by atoms with Gasteiger partial charge in [-0.2, -0.15) is 18.3 Å². The molecule has 112 valence electrons. The number of hydrogen-bond donors (Lipinski definition) is 0. The van der Waals surface area contributed by atoms with Crippen LogP contribution in [0, 0.1) is 0 Å². The molecule has 0 unspecified atom stereocenters. The minimum Gasteiger partial charge on any atom is -0.453 e. The van der Waals surface area contributed by atoms with Crippen LogP contribution >= 0.6 is 0 Å². The van der Waals surface area contributed by atoms with Crippen LogP contribution in [0.3, 0.4) is 0 Å². The van der Waals surface area contributed by atoms with E-state index in [1.54, 1.807) is 10.9 Å². The molecular weight excluding hydrogens is 281 g/mol. The van der Waals surface area contributed by atoms with Gasteiger partial charge in [0.2, 0.25) is 0 Å². The van der Waals surface area contributed by atoms with E-state index in [0.29, 0.717) is 11.8 Å². The van der Waals surface area contributed by atoms with Crippen molar-refractivity contribution in [1.82, 2.24) is 9.78 Å². The highest BCUT2D eigenvalue weighted by molar-refractivity contribution is 5.38. The Morgan fingerprint density at radius 2 is 1.86 bits per heavy atom. The van der Waals surface area contributed by atoms with Crippen molar-refractivity contribution in [1.29, 1.82) is 0 Å². The van der Waals surface area contributed by atoms with Crippen LogP contribution in [-0.2, 0) is 6.18 Å². The lowest BCUT2D eigenvalue weighted by Crippen LogP contribution is -2.06. The molecule has 1 saturated carbocycles. The Kier molecular flexibility index (Phi) is 3.61. The molecule has 0 bridgehead atoms. The van der Waals surface area contributed by atoms with Crippen LogP contribution in [0.5, 0.6) is 11.5 Å². The van der Waals surface area contributed by atoms with Crippen molar-refractivity contribution in [2.45, 2.75) is 37.9 Å². The van der Waals surface area contributed by atoms with Crippen molar-refractivity contribution in [3.8, 4) is 11.5 Å². The molecule has 2 aromatic rings. The van der Waals surface area contributed by atoms with Crippen LogP contribution < -0.4 is 4.74 Å². The summed E-state index contributed by atoms with van der Waals surface area (Å²) >= 11 is 0. The Morgan fingerprint density at radius 3 is 2.57 bits per heavy atom. The maximum Gasteiger partial charge on any atom is 0.419 e. The second-order valence-electron chi connectivity index (χ2n) is 5.19. The monoisotopic (exact) mass is 296 g/mol. The van der Waals surface area contributed by atoms with Crippen LogP contribution in [0.15, 0.2) is 36.7 Å². The summed E-state index contributed by atoms with van der Waals surface area (Å²) in [4.78, 5) is 0. The van der Waals surface area contributed by atoms with Gasteiger partial charge in [-0.1, -0.05) is 25.0 Å². The molecule has 21 heavy (non-hydrogen) atoms. The van der Waals surface area contributed by atoms with E-state index in [1.165, 1.54) is 24.4 Å². The highest BCUT2D eigenvalue weighted by atomic mass is 19.4. The average molecular weight is 296 g/mol. The quantitative estimate of drug-likeness (QED) is 0.812. The predicted octanol–water partition coefficient (Wildman–Crippen LogP) is 4.81. The summed E-state index contributed by atoms with van der Waals surface area (Å²) in [5, 5.41) is 4.20. The highest BCUT2D eigenvalue weighted by Gasteiger charge is 2.34. The van der Waals surface area contributed by atoms with Gasteiger partial charge in [-0.25, -0.2) is 0 Å². The van der Waals surface area contributed by atoms with Crippen molar-refractivity contribution < 1.29 is 17.9 Å². The summed E-state index contributed by atoms with van der Waals surface area (Å²) in [6.45, 7) is 0. The largest absolute Gasteiger partial charge is 0.453 e. The van der Waals surface area contributed by atoms with Gasteiger partial charge < -0.3 is 4.74 Å². The Bertz CT molecular complexity index is 615. The normalized spacial score (nSPS) is 16.3. The van der Waals surface area contributed by atoms with Crippen LogP contribution in [0.2, 0.25) is 0 Å². The third-order valence-corrected chi connectivity index (χ3v) is 3.70. The molecule has 0 aliphatic heterocycles. The van der Waals surface area contributed by atoms with E-state index in [2.05, 4.69) is 5.10 Å². The van der Waals surface area contributed by atoms with Crippen molar-refractivity contribution in [3.05, 3.63) is 42.2 Å². The van der Waals surface area contributed by atoms with Crippen molar-refractivity contribution >= 4 is 0 Å². The fourth-order valence-corrected chi connectivity index (χ4v) is 2.66. The standard InChI is InChI=1S/C15H15F3N2O/c16-15(17,18)13-7-3-4-8-14(13)21-12-9-19-20(10-12)11-5-1-2-6-11/h3-4,7-11H,1-2,5-6H2. The molecule has 1 heterocycles. The van der Waals surface area contributed by atoms with Crippen molar-refractivity contribution in [2.24, 2.45) is 0 Å². The van der Waals surface area contributed by atoms with E-state index in [4.69, 9.17) is 4.74 Å². The summed E-state index contributed by atoms with van der Waals surface area (Å²) < 4.78 is 45.9. The number of ether oxygens (including phenoxy) is 1. The van der Waals surface area contributed by atoms with E-state index in [-0.39, 0.29) is 5.75 Å². The van der Waals surface area contributed by atoms with Gasteiger partial charge in [0.25, 0.3) is 0 Å². The zero-order chi connectivity index (χ0) is 14.9. The molecule has 3 nitrogen and oxygen atoms in total. The Balaban J connectivity index is 1.81. The van der Waals surface area contributed by atoms with E-state index in [0.717, 1.165) is 31.7 Å². The zero-order valence-corrected chi connectivity index (χ0v) is 11.3. The van der Waals surface area contributed by atoms with Gasteiger partial charge in [0.1, 0.15) is 5.75 Å². The van der Waals surface area contributed by atoms with Crippen molar-refractivity contribution in [3.63, 3.8) is 0 Å². The Morgan fingerprint density at radius 1 is 1.14 bits per heavy atom. The van der Waals surface area contributed by atoms with Gasteiger partial charge in [-0.3, -0.25) is 4.68 Å². The molecule has 6 heteroatoms. The second kappa shape index (κ2) is 5.42. The van der Waals surface area contributed by atoms with E-state index < -0.39 is 11.7 Å². The molecule has 0 radical (unpaired) electrons. The molecule has 1 aromatic carbocycles. The summed E-state index contributed by atoms with van der Waals surface area (Å²) in [6.07, 6.45) is 3.14. The number of hydrogen-bond acceptors (Lipinski definition) is 2. The molecule has 0 spiro atoms. The maximum absolute atomic E-state index is 12.9. The molecule has 1 aliphatic rings. The first kappa shape index (κ1) is 14.0. The molecule has 3 rings (SSSR count). The molecular formula is C15H15F3N2O. The number of nitrogens with zero attached hydrogens (tertiary/aromatic N) is 2. The molecule has 1 aromatic heterocycles. The third kappa shape index (κ3) is 3.04. The Hall–Kier alpha value is -1.98. The van der Waals surface area contributed by atoms with Gasteiger partial charge in [0.15, 0.2) is 5.75 Å². The van der Waals surface area contributed by atoms with E-state index in [1.807, 2.05) is 0 Å². The lowest BCUT2D eigenvalue weighted by atomic mass is 10.2. The number of aromatic nitrogens is 2. The molecule has 0 amide bonds. The van der Waals surface area contributed by atoms with Crippen LogP contribution in [0.1, 0.15) is 37.3 Å². The second-order valence-corrected chi connectivity index (χ2v) is 5.19. The van der Waals surface area contributed by atoms with Crippen LogP contribution in [0.4, 0.5) is 13.2 Å². The van der Waals surface area contributed by atoms with Gasteiger partial charge >= 0.3 is 6.18 Å². The lowest BCUT2D eigenvalue weighted by molar-refractivity contribution is -0.138. The first-order valence-electron chi connectivity index (χ1n) is 6.92. The van der Waals surface area contributed by atoms with Gasteiger partial charge in [0.05, 0.1) is 24.0 Å². The summed E-state index contributed by atoms with van der Waals surface area (Å²) in [5.74, 6) is 0.134. The number of halogens is 3. The van der Waals surface area contributed by atoms with Crippen LogP contribution in [-0.4, -0.2) is 9.78 Å². The summed E-state index contributed by atoms with van der Waals surface area (Å²) in [6, 6.07) is 5.52. The van der Waals surface area contributed by atoms with Crippen LogP contribution in [0.25, 0.3) is 0 Å². The van der Waals surface area contributed by atoms with E-state index >= 15 is 0 Å². The maximum atomic E-state index is 12.9. The first-order chi connectivity index (χ1) is 10.0. The molecule has 0 N–H and O–H groups in total. The third-order valence-electron chi connectivity index (χ3n) is 3.70. The Labute approximate surface area is 120 Å². The lowest BCUT2D eigenvalue weighted by Gasteiger charge is -2.12. The van der Waals surface area contributed by atoms with Gasteiger partial charge in [-0.15, -0.1) is 0 Å².